The number of β-amino-alcohol motifs (C(OH)–C–C–N with tert-alkyl or cyclic N) is 1. The Morgan fingerprint density at radius 2 is 2.26 bits per heavy atom. The minimum Gasteiger partial charge on any atom is -0.391 e. The fraction of sp³-hybridized carbons (Fsp3) is 0.625. The van der Waals surface area contributed by atoms with Crippen LogP contribution in [0.3, 0.4) is 0 Å². The van der Waals surface area contributed by atoms with E-state index in [-0.39, 0.29) is 17.7 Å². The van der Waals surface area contributed by atoms with Gasteiger partial charge in [0.1, 0.15) is 6.04 Å². The van der Waals surface area contributed by atoms with E-state index in [0.29, 0.717) is 37.5 Å². The number of carbonyl (C=O) groups excluding carboxylic acids is 2. The monoisotopic (exact) mass is 337 g/mol. The van der Waals surface area contributed by atoms with Gasteiger partial charge in [-0.1, -0.05) is 6.07 Å². The van der Waals surface area contributed by atoms with E-state index in [9.17, 15) is 14.7 Å². The van der Waals surface area contributed by atoms with Crippen molar-refractivity contribution in [3.05, 3.63) is 22.4 Å². The number of aliphatic hydroxyl groups excluding tert-OH is 1. The molecule has 3 rings (SSSR count). The molecule has 1 aromatic rings. The van der Waals surface area contributed by atoms with Gasteiger partial charge in [0.2, 0.25) is 5.91 Å². The molecule has 3 heterocycles. The van der Waals surface area contributed by atoms with Crippen LogP contribution < -0.4 is 10.6 Å². The lowest BCUT2D eigenvalue weighted by Gasteiger charge is -2.34. The molecule has 3 unspecified atom stereocenters. The number of aliphatic hydroxyl groups is 1. The van der Waals surface area contributed by atoms with Crippen LogP contribution in [0.5, 0.6) is 0 Å². The molecule has 1 aromatic heterocycles. The van der Waals surface area contributed by atoms with E-state index in [2.05, 4.69) is 10.6 Å². The second-order valence-corrected chi connectivity index (χ2v) is 7.17. The molecule has 126 valence electrons. The quantitative estimate of drug-likeness (QED) is 0.745. The zero-order chi connectivity index (χ0) is 16.2. The molecule has 2 aliphatic rings. The van der Waals surface area contributed by atoms with Crippen molar-refractivity contribution in [1.29, 1.82) is 0 Å². The van der Waals surface area contributed by atoms with Crippen molar-refractivity contribution in [1.82, 2.24) is 15.5 Å². The van der Waals surface area contributed by atoms with Gasteiger partial charge in [0.25, 0.3) is 5.91 Å². The summed E-state index contributed by atoms with van der Waals surface area (Å²) in [6.07, 6.45) is 2.19. The van der Waals surface area contributed by atoms with Crippen LogP contribution >= 0.6 is 11.3 Å². The maximum Gasteiger partial charge on any atom is 0.264 e. The summed E-state index contributed by atoms with van der Waals surface area (Å²) in [4.78, 5) is 27.5. The van der Waals surface area contributed by atoms with Crippen LogP contribution in [-0.2, 0) is 4.79 Å². The number of likely N-dealkylation sites (tertiary alicyclic amines) is 1. The van der Waals surface area contributed by atoms with E-state index in [1.807, 2.05) is 11.4 Å². The van der Waals surface area contributed by atoms with Crippen molar-refractivity contribution in [2.75, 3.05) is 26.2 Å². The molecular formula is C16H23N3O3S. The highest BCUT2D eigenvalue weighted by atomic mass is 32.1. The lowest BCUT2D eigenvalue weighted by Crippen LogP contribution is -2.52. The van der Waals surface area contributed by atoms with Crippen molar-refractivity contribution >= 4 is 23.2 Å². The molecule has 0 aliphatic carbocycles. The van der Waals surface area contributed by atoms with Gasteiger partial charge in [0, 0.05) is 32.1 Å². The molecule has 0 saturated carbocycles. The summed E-state index contributed by atoms with van der Waals surface area (Å²) < 4.78 is 0. The predicted molar refractivity (Wildman–Crippen MR) is 88.4 cm³/mol. The predicted octanol–water partition coefficient (Wildman–Crippen LogP) is 0.439. The molecule has 0 bridgehead atoms. The first-order chi connectivity index (χ1) is 11.2. The fourth-order valence-electron chi connectivity index (χ4n) is 3.27. The van der Waals surface area contributed by atoms with Gasteiger partial charge < -0.3 is 20.6 Å². The molecule has 2 saturated heterocycles. The molecule has 23 heavy (non-hydrogen) atoms. The minimum absolute atomic E-state index is 0.0454. The van der Waals surface area contributed by atoms with Crippen molar-refractivity contribution < 1.29 is 14.7 Å². The molecule has 2 amide bonds. The Kier molecular flexibility index (Phi) is 5.30. The van der Waals surface area contributed by atoms with E-state index in [1.54, 1.807) is 11.0 Å². The number of piperidine rings is 1. The van der Waals surface area contributed by atoms with Crippen LogP contribution in [0.1, 0.15) is 28.9 Å². The van der Waals surface area contributed by atoms with Crippen LogP contribution in [0.2, 0.25) is 0 Å². The zero-order valence-corrected chi connectivity index (χ0v) is 13.8. The SMILES string of the molecule is O=C(NCC1CNCC1O)C1CCCCN1C(=O)c1cccs1. The highest BCUT2D eigenvalue weighted by Gasteiger charge is 2.34. The maximum absolute atomic E-state index is 12.6. The van der Waals surface area contributed by atoms with E-state index in [0.717, 1.165) is 12.8 Å². The number of amides is 2. The fourth-order valence-corrected chi connectivity index (χ4v) is 3.94. The van der Waals surface area contributed by atoms with Crippen molar-refractivity contribution in [3.63, 3.8) is 0 Å². The summed E-state index contributed by atoms with van der Waals surface area (Å²) in [5, 5.41) is 17.7. The van der Waals surface area contributed by atoms with Gasteiger partial charge in [0.05, 0.1) is 11.0 Å². The third-order valence-electron chi connectivity index (χ3n) is 4.64. The number of hydrogen-bond acceptors (Lipinski definition) is 5. The molecule has 3 N–H and O–H groups in total. The van der Waals surface area contributed by atoms with E-state index in [4.69, 9.17) is 0 Å². The minimum atomic E-state index is -0.412. The first-order valence-corrected chi connectivity index (χ1v) is 9.05. The van der Waals surface area contributed by atoms with Crippen molar-refractivity contribution in [3.8, 4) is 0 Å². The smallest absolute Gasteiger partial charge is 0.264 e. The first kappa shape index (κ1) is 16.4. The Morgan fingerprint density at radius 1 is 1.39 bits per heavy atom. The summed E-state index contributed by atoms with van der Waals surface area (Å²) in [5.41, 5.74) is 0. The molecule has 0 spiro atoms. The molecule has 7 heteroatoms. The number of hydrogen-bond donors (Lipinski definition) is 3. The molecule has 0 aromatic carbocycles. The molecule has 3 atom stereocenters. The Labute approximate surface area is 139 Å². The van der Waals surface area contributed by atoms with Gasteiger partial charge in [-0.25, -0.2) is 0 Å². The molecule has 2 fully saturated rings. The molecule has 2 aliphatic heterocycles. The van der Waals surface area contributed by atoms with Gasteiger partial charge in [0.15, 0.2) is 0 Å². The second-order valence-electron chi connectivity index (χ2n) is 6.22. The topological polar surface area (TPSA) is 81.7 Å². The van der Waals surface area contributed by atoms with Gasteiger partial charge in [-0.05, 0) is 30.7 Å². The average molecular weight is 337 g/mol. The first-order valence-electron chi connectivity index (χ1n) is 8.18. The van der Waals surface area contributed by atoms with E-state index >= 15 is 0 Å². The van der Waals surface area contributed by atoms with Crippen LogP contribution in [0.15, 0.2) is 17.5 Å². The maximum atomic E-state index is 12.6. The van der Waals surface area contributed by atoms with Gasteiger partial charge in [-0.3, -0.25) is 9.59 Å². The Bertz CT molecular complexity index is 549. The van der Waals surface area contributed by atoms with E-state index in [1.165, 1.54) is 11.3 Å². The summed E-state index contributed by atoms with van der Waals surface area (Å²) in [6, 6.07) is 3.26. The molecule has 0 radical (unpaired) electrons. The van der Waals surface area contributed by atoms with Gasteiger partial charge in [-0.15, -0.1) is 11.3 Å². The number of thiophene rings is 1. The number of nitrogens with zero attached hydrogens (tertiary/aromatic N) is 1. The highest BCUT2D eigenvalue weighted by molar-refractivity contribution is 7.12. The Morgan fingerprint density at radius 3 is 2.96 bits per heavy atom. The largest absolute Gasteiger partial charge is 0.391 e. The second kappa shape index (κ2) is 7.42. The number of nitrogens with one attached hydrogen (secondary N) is 2. The number of carbonyl (C=O) groups is 2. The summed E-state index contributed by atoms with van der Waals surface area (Å²) in [5.74, 6) is -0.111. The third-order valence-corrected chi connectivity index (χ3v) is 5.50. The van der Waals surface area contributed by atoms with Gasteiger partial charge >= 0.3 is 0 Å². The highest BCUT2D eigenvalue weighted by Crippen LogP contribution is 2.22. The summed E-state index contributed by atoms with van der Waals surface area (Å²) in [7, 11) is 0. The molecular weight excluding hydrogens is 314 g/mol. The number of rotatable bonds is 4. The lowest BCUT2D eigenvalue weighted by atomic mass is 10.0. The van der Waals surface area contributed by atoms with Crippen LogP contribution in [-0.4, -0.2) is 60.1 Å². The lowest BCUT2D eigenvalue weighted by molar-refractivity contribution is -0.126. The van der Waals surface area contributed by atoms with Gasteiger partial charge in [-0.2, -0.15) is 0 Å². The Hall–Kier alpha value is -1.44. The van der Waals surface area contributed by atoms with Crippen molar-refractivity contribution in [2.45, 2.75) is 31.4 Å². The zero-order valence-electron chi connectivity index (χ0n) is 13.0. The van der Waals surface area contributed by atoms with Crippen LogP contribution in [0.4, 0.5) is 0 Å². The van der Waals surface area contributed by atoms with Crippen LogP contribution in [0, 0.1) is 5.92 Å². The third kappa shape index (κ3) is 3.73. The van der Waals surface area contributed by atoms with Crippen LogP contribution in [0.25, 0.3) is 0 Å². The summed E-state index contributed by atoms with van der Waals surface area (Å²) in [6.45, 7) is 2.36. The average Bonchev–Trinajstić information content (AvgIpc) is 3.24. The molecule has 6 nitrogen and oxygen atoms in total. The normalized spacial score (nSPS) is 27.9. The van der Waals surface area contributed by atoms with E-state index < -0.39 is 12.1 Å². The van der Waals surface area contributed by atoms with Crippen molar-refractivity contribution in [2.24, 2.45) is 5.92 Å². The standard InChI is InChI=1S/C16H23N3O3S/c20-13-10-17-8-11(13)9-18-15(21)12-4-1-2-6-19(12)16(22)14-5-3-7-23-14/h3,5,7,11-13,17,20H,1-2,4,6,8-10H2,(H,18,21). The Balaban J connectivity index is 1.61. The summed E-state index contributed by atoms with van der Waals surface area (Å²) >= 11 is 1.41.